The average Bonchev–Trinajstić information content (AvgIpc) is 3.04. The van der Waals surface area contributed by atoms with E-state index in [4.69, 9.17) is 5.84 Å². The Morgan fingerprint density at radius 1 is 1.50 bits per heavy atom. The Labute approximate surface area is 104 Å². The summed E-state index contributed by atoms with van der Waals surface area (Å²) in [5, 5.41) is 14.0. The molecule has 0 atom stereocenters. The van der Waals surface area contributed by atoms with Crippen LogP contribution in [0.5, 0.6) is 0 Å². The number of nitrogens with one attached hydrogen (secondary N) is 2. The van der Waals surface area contributed by atoms with Crippen LogP contribution in [0, 0.1) is 22.5 Å². The molecule has 18 heavy (non-hydrogen) atoms. The summed E-state index contributed by atoms with van der Waals surface area (Å²) in [6.07, 6.45) is 2.25. The predicted octanol–water partition coefficient (Wildman–Crippen LogP) is 1.19. The molecule has 1 aromatic heterocycles. The number of hydrogen-bond donors (Lipinski definition) is 3. The fourth-order valence-electron chi connectivity index (χ4n) is 1.66. The molecule has 0 unspecified atom stereocenters. The van der Waals surface area contributed by atoms with E-state index in [-0.39, 0.29) is 28.6 Å². The fourth-order valence-corrected chi connectivity index (χ4v) is 1.66. The molecular weight excluding hydrogens is 236 g/mol. The van der Waals surface area contributed by atoms with Gasteiger partial charge in [-0.2, -0.15) is 4.98 Å². The summed E-state index contributed by atoms with van der Waals surface area (Å²) < 4.78 is 0. The van der Waals surface area contributed by atoms with E-state index in [9.17, 15) is 10.1 Å². The van der Waals surface area contributed by atoms with Crippen molar-refractivity contribution in [2.45, 2.75) is 26.7 Å². The SMILES string of the molecule is Cc1nc(NN)nc(NCC2(C)CC2)c1[N+](=O)[O-]. The van der Waals surface area contributed by atoms with Crippen LogP contribution < -0.4 is 16.6 Å². The lowest BCUT2D eigenvalue weighted by molar-refractivity contribution is -0.385. The number of nitrogens with two attached hydrogens (primary N) is 1. The Kier molecular flexibility index (Phi) is 3.04. The fraction of sp³-hybridized carbons (Fsp3) is 0.600. The van der Waals surface area contributed by atoms with Gasteiger partial charge in [0.15, 0.2) is 0 Å². The Bertz CT molecular complexity index is 486. The van der Waals surface area contributed by atoms with E-state index in [1.54, 1.807) is 6.92 Å². The lowest BCUT2D eigenvalue weighted by Gasteiger charge is -2.12. The van der Waals surface area contributed by atoms with Crippen LogP contribution in [0.4, 0.5) is 17.5 Å². The quantitative estimate of drug-likeness (QED) is 0.409. The third kappa shape index (κ3) is 2.48. The highest BCUT2D eigenvalue weighted by Gasteiger charge is 2.37. The minimum atomic E-state index is -0.479. The van der Waals surface area contributed by atoms with E-state index in [1.165, 1.54) is 0 Å². The Morgan fingerprint density at radius 2 is 2.17 bits per heavy atom. The van der Waals surface area contributed by atoms with Crippen LogP contribution in [-0.2, 0) is 0 Å². The number of rotatable bonds is 5. The van der Waals surface area contributed by atoms with Crippen molar-refractivity contribution in [3.05, 3.63) is 15.8 Å². The molecule has 0 radical (unpaired) electrons. The van der Waals surface area contributed by atoms with Crippen LogP contribution in [-0.4, -0.2) is 21.4 Å². The zero-order chi connectivity index (χ0) is 13.3. The molecule has 1 fully saturated rings. The van der Waals surface area contributed by atoms with Crippen LogP contribution in [0.2, 0.25) is 0 Å². The molecule has 0 spiro atoms. The second kappa shape index (κ2) is 4.37. The normalized spacial score (nSPS) is 16.2. The summed E-state index contributed by atoms with van der Waals surface area (Å²) >= 11 is 0. The first-order valence-corrected chi connectivity index (χ1v) is 5.69. The molecule has 98 valence electrons. The second-order valence-corrected chi connectivity index (χ2v) is 4.90. The summed E-state index contributed by atoms with van der Waals surface area (Å²) in [6.45, 7) is 4.35. The van der Waals surface area contributed by atoms with Gasteiger partial charge < -0.3 is 5.32 Å². The number of anilines is 2. The molecule has 1 heterocycles. The van der Waals surface area contributed by atoms with Gasteiger partial charge in [-0.25, -0.2) is 10.8 Å². The van der Waals surface area contributed by atoms with Crippen molar-refractivity contribution in [3.8, 4) is 0 Å². The van der Waals surface area contributed by atoms with Gasteiger partial charge >= 0.3 is 5.69 Å². The highest BCUT2D eigenvalue weighted by molar-refractivity contribution is 5.60. The Balaban J connectivity index is 2.29. The lowest BCUT2D eigenvalue weighted by atomic mass is 10.1. The first kappa shape index (κ1) is 12.5. The molecule has 0 amide bonds. The third-order valence-electron chi connectivity index (χ3n) is 3.16. The standard InChI is InChI=1S/C10H16N6O2/c1-6-7(16(17)18)8(14-9(13-6)15-11)12-5-10(2)3-4-10/h3-5,11H2,1-2H3,(H2,12,13,14,15). The summed E-state index contributed by atoms with van der Waals surface area (Å²) in [5.41, 5.74) is 2.71. The number of hydrogen-bond acceptors (Lipinski definition) is 7. The van der Waals surface area contributed by atoms with Crippen LogP contribution in [0.3, 0.4) is 0 Å². The number of nitrogen functional groups attached to an aromatic ring is 1. The van der Waals surface area contributed by atoms with Gasteiger partial charge in [0.1, 0.15) is 5.69 Å². The summed E-state index contributed by atoms with van der Waals surface area (Å²) in [4.78, 5) is 18.4. The molecule has 0 aliphatic heterocycles. The zero-order valence-corrected chi connectivity index (χ0v) is 10.4. The molecular formula is C10H16N6O2. The molecule has 1 aromatic rings. The second-order valence-electron chi connectivity index (χ2n) is 4.90. The molecule has 1 aliphatic carbocycles. The number of hydrazine groups is 1. The first-order valence-electron chi connectivity index (χ1n) is 5.69. The molecule has 0 saturated heterocycles. The van der Waals surface area contributed by atoms with Gasteiger partial charge in [0.05, 0.1) is 4.92 Å². The van der Waals surface area contributed by atoms with Gasteiger partial charge in [-0.3, -0.25) is 15.5 Å². The zero-order valence-electron chi connectivity index (χ0n) is 10.4. The maximum Gasteiger partial charge on any atom is 0.332 e. The predicted molar refractivity (Wildman–Crippen MR) is 67.1 cm³/mol. The minimum absolute atomic E-state index is 0.0988. The first-order chi connectivity index (χ1) is 8.45. The van der Waals surface area contributed by atoms with E-state index in [0.29, 0.717) is 6.54 Å². The van der Waals surface area contributed by atoms with Crippen LogP contribution in [0.15, 0.2) is 0 Å². The number of nitro groups is 1. The van der Waals surface area contributed by atoms with E-state index < -0.39 is 4.92 Å². The molecule has 0 bridgehead atoms. The number of nitrogens with zero attached hydrogens (tertiary/aromatic N) is 3. The third-order valence-corrected chi connectivity index (χ3v) is 3.16. The average molecular weight is 252 g/mol. The smallest absolute Gasteiger partial charge is 0.332 e. The summed E-state index contributed by atoms with van der Waals surface area (Å²) in [6, 6.07) is 0. The van der Waals surface area contributed by atoms with Gasteiger partial charge in [0.25, 0.3) is 0 Å². The molecule has 1 aliphatic rings. The molecule has 0 aromatic carbocycles. The minimum Gasteiger partial charge on any atom is -0.364 e. The van der Waals surface area contributed by atoms with Crippen LogP contribution >= 0.6 is 0 Å². The van der Waals surface area contributed by atoms with Crippen molar-refractivity contribution < 1.29 is 4.92 Å². The van der Waals surface area contributed by atoms with Crippen molar-refractivity contribution in [1.29, 1.82) is 0 Å². The van der Waals surface area contributed by atoms with Crippen molar-refractivity contribution in [2.75, 3.05) is 17.3 Å². The molecule has 2 rings (SSSR count). The van der Waals surface area contributed by atoms with Gasteiger partial charge in [-0.15, -0.1) is 0 Å². The molecule has 8 heteroatoms. The molecule has 4 N–H and O–H groups in total. The molecule has 1 saturated carbocycles. The van der Waals surface area contributed by atoms with Crippen molar-refractivity contribution in [2.24, 2.45) is 11.3 Å². The Morgan fingerprint density at radius 3 is 2.67 bits per heavy atom. The van der Waals surface area contributed by atoms with Crippen molar-refractivity contribution >= 4 is 17.5 Å². The maximum absolute atomic E-state index is 11.0. The number of aromatic nitrogens is 2. The van der Waals surface area contributed by atoms with Crippen molar-refractivity contribution in [1.82, 2.24) is 9.97 Å². The lowest BCUT2D eigenvalue weighted by Crippen LogP contribution is -2.17. The van der Waals surface area contributed by atoms with Crippen LogP contribution in [0.25, 0.3) is 0 Å². The monoisotopic (exact) mass is 252 g/mol. The van der Waals surface area contributed by atoms with E-state index in [0.717, 1.165) is 12.8 Å². The highest BCUT2D eigenvalue weighted by Crippen LogP contribution is 2.45. The van der Waals surface area contributed by atoms with E-state index >= 15 is 0 Å². The maximum atomic E-state index is 11.0. The van der Waals surface area contributed by atoms with E-state index in [1.807, 2.05) is 0 Å². The Hall–Kier alpha value is -1.96. The summed E-state index contributed by atoms with van der Waals surface area (Å²) in [5.74, 6) is 5.62. The van der Waals surface area contributed by atoms with Crippen molar-refractivity contribution in [3.63, 3.8) is 0 Å². The van der Waals surface area contributed by atoms with E-state index in [2.05, 4.69) is 27.6 Å². The summed E-state index contributed by atoms with van der Waals surface area (Å²) in [7, 11) is 0. The number of aryl methyl sites for hydroxylation is 1. The van der Waals surface area contributed by atoms with Crippen LogP contribution in [0.1, 0.15) is 25.5 Å². The van der Waals surface area contributed by atoms with Gasteiger partial charge in [-0.05, 0) is 25.2 Å². The highest BCUT2D eigenvalue weighted by atomic mass is 16.6. The largest absolute Gasteiger partial charge is 0.364 e. The van der Waals surface area contributed by atoms with Gasteiger partial charge in [0, 0.05) is 6.54 Å². The van der Waals surface area contributed by atoms with Gasteiger partial charge in [0.2, 0.25) is 11.8 Å². The topological polar surface area (TPSA) is 119 Å². The molecule has 8 nitrogen and oxygen atoms in total. The van der Waals surface area contributed by atoms with Gasteiger partial charge in [-0.1, -0.05) is 6.92 Å².